The minimum atomic E-state index is 0.561. The van der Waals surface area contributed by atoms with E-state index in [0.29, 0.717) is 17.4 Å². The van der Waals surface area contributed by atoms with Gasteiger partial charge in [-0.2, -0.15) is 0 Å². The second kappa shape index (κ2) is 7.68. The maximum Gasteiger partial charge on any atom is 0.141 e. The zero-order chi connectivity index (χ0) is 18.6. The van der Waals surface area contributed by atoms with Crippen molar-refractivity contribution in [2.75, 3.05) is 11.9 Å². The number of hydrogen-bond acceptors (Lipinski definition) is 4. The fourth-order valence-electron chi connectivity index (χ4n) is 3.02. The maximum absolute atomic E-state index is 6.31. The zero-order valence-electron chi connectivity index (χ0n) is 14.9. The van der Waals surface area contributed by atoms with Crippen LogP contribution in [0.1, 0.15) is 18.9 Å². The normalized spacial score (nSPS) is 12.9. The van der Waals surface area contributed by atoms with Crippen molar-refractivity contribution in [3.8, 4) is 5.75 Å². The third-order valence-electron chi connectivity index (χ3n) is 4.29. The molecule has 0 saturated heterocycles. The Bertz CT molecular complexity index is 1100. The van der Waals surface area contributed by atoms with Gasteiger partial charge in [0, 0.05) is 23.3 Å². The molecule has 1 aliphatic rings. The summed E-state index contributed by atoms with van der Waals surface area (Å²) in [6.07, 6.45) is 12.7. The molecule has 136 valence electrons. The molecule has 2 heterocycles. The van der Waals surface area contributed by atoms with Gasteiger partial charge in [-0.05, 0) is 54.8 Å². The molecule has 0 fully saturated rings. The number of ether oxygens (including phenoxy) is 1. The van der Waals surface area contributed by atoms with Crippen LogP contribution < -0.4 is 20.6 Å². The van der Waals surface area contributed by atoms with Crippen molar-refractivity contribution in [1.29, 1.82) is 0 Å². The van der Waals surface area contributed by atoms with Crippen LogP contribution in [0.25, 0.3) is 17.7 Å². The molecule has 0 atom stereocenters. The second-order valence-electron chi connectivity index (χ2n) is 6.07. The van der Waals surface area contributed by atoms with E-state index in [-0.39, 0.29) is 0 Å². The van der Waals surface area contributed by atoms with Crippen molar-refractivity contribution in [3.63, 3.8) is 0 Å². The zero-order valence-corrected chi connectivity index (χ0v) is 15.6. The monoisotopic (exact) mass is 378 g/mol. The first-order valence-corrected chi connectivity index (χ1v) is 9.18. The Kier molecular flexibility index (Phi) is 4.94. The quantitative estimate of drug-likeness (QED) is 0.711. The number of H-pyrrole nitrogens is 1. The average Bonchev–Trinajstić information content (AvgIpc) is 3.11. The van der Waals surface area contributed by atoms with Crippen LogP contribution in [0, 0.1) is 0 Å². The highest BCUT2D eigenvalue weighted by Crippen LogP contribution is 2.28. The van der Waals surface area contributed by atoms with Crippen LogP contribution in [0.4, 0.5) is 11.5 Å². The third-order valence-corrected chi connectivity index (χ3v) is 4.58. The SMILES string of the molecule is CCOc1ccc(Nc2ncnc3c2=CC(c2cc[nH]c2)=CCC=3)cc1Cl. The Balaban J connectivity index is 1.74. The first kappa shape index (κ1) is 17.4. The fourth-order valence-corrected chi connectivity index (χ4v) is 3.25. The minimum absolute atomic E-state index is 0.561. The number of hydrogen-bond donors (Lipinski definition) is 2. The van der Waals surface area contributed by atoms with E-state index in [9.17, 15) is 0 Å². The molecule has 27 heavy (non-hydrogen) atoms. The molecule has 5 nitrogen and oxygen atoms in total. The predicted molar refractivity (Wildman–Crippen MR) is 110 cm³/mol. The highest BCUT2D eigenvalue weighted by molar-refractivity contribution is 6.32. The summed E-state index contributed by atoms with van der Waals surface area (Å²) in [6, 6.07) is 7.67. The van der Waals surface area contributed by atoms with E-state index in [0.717, 1.165) is 39.6 Å². The molecule has 3 aromatic rings. The number of aromatic amines is 1. The predicted octanol–water partition coefficient (Wildman–Crippen LogP) is 3.65. The molecule has 0 spiro atoms. The van der Waals surface area contributed by atoms with Crippen molar-refractivity contribution < 1.29 is 4.74 Å². The topological polar surface area (TPSA) is 62.8 Å². The van der Waals surface area contributed by atoms with Gasteiger partial charge in [0.25, 0.3) is 0 Å². The number of rotatable bonds is 5. The Labute approximate surface area is 162 Å². The summed E-state index contributed by atoms with van der Waals surface area (Å²) in [4.78, 5) is 12.0. The van der Waals surface area contributed by atoms with Crippen LogP contribution >= 0.6 is 11.6 Å². The van der Waals surface area contributed by atoms with Crippen LogP contribution in [0.3, 0.4) is 0 Å². The molecular weight excluding hydrogens is 360 g/mol. The summed E-state index contributed by atoms with van der Waals surface area (Å²) >= 11 is 6.31. The Morgan fingerprint density at radius 2 is 2.15 bits per heavy atom. The lowest BCUT2D eigenvalue weighted by Gasteiger charge is -2.10. The van der Waals surface area contributed by atoms with Crippen LogP contribution in [-0.4, -0.2) is 21.6 Å². The summed E-state index contributed by atoms with van der Waals surface area (Å²) in [6.45, 7) is 2.51. The Hall–Kier alpha value is -3.05. The number of halogens is 1. The van der Waals surface area contributed by atoms with Gasteiger partial charge in [-0.3, -0.25) is 0 Å². The number of fused-ring (bicyclic) bond motifs is 1. The summed E-state index contributed by atoms with van der Waals surface area (Å²) in [5.41, 5.74) is 3.11. The average molecular weight is 379 g/mol. The third kappa shape index (κ3) is 3.73. The molecule has 1 aliphatic carbocycles. The fraction of sp³-hybridized carbons (Fsp3) is 0.143. The molecule has 2 aromatic heterocycles. The van der Waals surface area contributed by atoms with E-state index < -0.39 is 0 Å². The van der Waals surface area contributed by atoms with Gasteiger partial charge in [0.2, 0.25) is 0 Å². The Morgan fingerprint density at radius 3 is 2.93 bits per heavy atom. The van der Waals surface area contributed by atoms with Crippen LogP contribution in [0.2, 0.25) is 5.02 Å². The molecule has 6 heteroatoms. The number of allylic oxidation sites excluding steroid dienone is 2. The molecule has 0 aliphatic heterocycles. The largest absolute Gasteiger partial charge is 0.492 e. The van der Waals surface area contributed by atoms with Gasteiger partial charge in [0.1, 0.15) is 17.9 Å². The molecular formula is C21H19ClN4O. The van der Waals surface area contributed by atoms with Gasteiger partial charge in [-0.1, -0.05) is 23.8 Å². The first-order valence-electron chi connectivity index (χ1n) is 8.80. The Morgan fingerprint density at radius 1 is 1.22 bits per heavy atom. The van der Waals surface area contributed by atoms with Crippen molar-refractivity contribution in [2.24, 2.45) is 0 Å². The van der Waals surface area contributed by atoms with Gasteiger partial charge < -0.3 is 15.0 Å². The smallest absolute Gasteiger partial charge is 0.141 e. The van der Waals surface area contributed by atoms with E-state index in [1.165, 1.54) is 0 Å². The van der Waals surface area contributed by atoms with Crippen molar-refractivity contribution in [1.82, 2.24) is 15.0 Å². The molecule has 2 N–H and O–H groups in total. The molecule has 0 amide bonds. The molecule has 0 radical (unpaired) electrons. The highest BCUT2D eigenvalue weighted by Gasteiger charge is 2.08. The van der Waals surface area contributed by atoms with Gasteiger partial charge >= 0.3 is 0 Å². The molecule has 0 unspecified atom stereocenters. The van der Waals surface area contributed by atoms with Crippen molar-refractivity contribution in [3.05, 3.63) is 70.2 Å². The number of anilines is 2. The first-order chi connectivity index (χ1) is 13.2. The summed E-state index contributed by atoms with van der Waals surface area (Å²) < 4.78 is 5.50. The van der Waals surface area contributed by atoms with Gasteiger partial charge in [0.15, 0.2) is 0 Å². The minimum Gasteiger partial charge on any atom is -0.492 e. The van der Waals surface area contributed by atoms with Gasteiger partial charge in [0.05, 0.1) is 17.0 Å². The number of benzene rings is 1. The lowest BCUT2D eigenvalue weighted by atomic mass is 10.1. The molecule has 0 bridgehead atoms. The highest BCUT2D eigenvalue weighted by atomic mass is 35.5. The standard InChI is InChI=1S/C21H19ClN4O/c1-2-27-20-7-6-16(11-18(20)22)26-21-17-10-14(15-8-9-23-12-15)4-3-5-19(17)24-13-25-21/h4-13,23H,2-3H2,1H3,(H,24,25,26). The van der Waals surface area contributed by atoms with Crippen molar-refractivity contribution >= 4 is 40.8 Å². The van der Waals surface area contributed by atoms with E-state index in [4.69, 9.17) is 16.3 Å². The summed E-state index contributed by atoms with van der Waals surface area (Å²) in [5.74, 6) is 1.41. The van der Waals surface area contributed by atoms with Crippen molar-refractivity contribution in [2.45, 2.75) is 13.3 Å². The van der Waals surface area contributed by atoms with E-state index in [1.807, 2.05) is 37.5 Å². The van der Waals surface area contributed by atoms with Crippen LogP contribution in [0.15, 0.2) is 49.1 Å². The van der Waals surface area contributed by atoms with Gasteiger partial charge in [-0.25, -0.2) is 9.97 Å². The molecule has 4 rings (SSSR count). The van der Waals surface area contributed by atoms with E-state index >= 15 is 0 Å². The lowest BCUT2D eigenvalue weighted by Crippen LogP contribution is -2.31. The summed E-state index contributed by atoms with van der Waals surface area (Å²) in [7, 11) is 0. The van der Waals surface area contributed by atoms with Crippen LogP contribution in [-0.2, 0) is 0 Å². The number of aromatic nitrogens is 3. The van der Waals surface area contributed by atoms with E-state index in [2.05, 4.69) is 44.6 Å². The van der Waals surface area contributed by atoms with E-state index in [1.54, 1.807) is 6.33 Å². The molecule has 0 saturated carbocycles. The maximum atomic E-state index is 6.31. The number of nitrogens with one attached hydrogen (secondary N) is 2. The van der Waals surface area contributed by atoms with Gasteiger partial charge in [-0.15, -0.1) is 0 Å². The number of nitrogens with zero attached hydrogens (tertiary/aromatic N) is 2. The lowest BCUT2D eigenvalue weighted by molar-refractivity contribution is 0.340. The molecule has 1 aromatic carbocycles. The van der Waals surface area contributed by atoms with Crippen LogP contribution in [0.5, 0.6) is 5.75 Å². The second-order valence-corrected chi connectivity index (χ2v) is 6.47. The summed E-state index contributed by atoms with van der Waals surface area (Å²) in [5, 5.41) is 5.78.